The van der Waals surface area contributed by atoms with E-state index in [0.29, 0.717) is 5.82 Å². The van der Waals surface area contributed by atoms with Crippen molar-refractivity contribution in [3.05, 3.63) is 48.3 Å². The van der Waals surface area contributed by atoms with Gasteiger partial charge in [-0.25, -0.2) is 0 Å². The van der Waals surface area contributed by atoms with E-state index in [1.54, 1.807) is 19.5 Å². The lowest BCUT2D eigenvalue weighted by atomic mass is 10.0. The molecule has 0 aliphatic heterocycles. The molecule has 5 heteroatoms. The molecule has 0 amide bonds. The Labute approximate surface area is 122 Å². The van der Waals surface area contributed by atoms with Crippen LogP contribution in [0.25, 0.3) is 22.4 Å². The van der Waals surface area contributed by atoms with Crippen molar-refractivity contribution in [2.24, 2.45) is 0 Å². The number of hydrogen-bond acceptors (Lipinski definition) is 4. The Morgan fingerprint density at radius 2 is 2.05 bits per heavy atom. The van der Waals surface area contributed by atoms with Gasteiger partial charge in [-0.05, 0) is 24.6 Å². The number of rotatable bonds is 3. The van der Waals surface area contributed by atoms with Gasteiger partial charge in [-0.1, -0.05) is 18.2 Å². The molecule has 3 rings (SSSR count). The predicted octanol–water partition coefficient (Wildman–Crippen LogP) is 3.04. The first kappa shape index (κ1) is 13.2. The second-order valence-electron chi connectivity index (χ2n) is 4.78. The third-order valence-electron chi connectivity index (χ3n) is 3.44. The molecule has 0 bridgehead atoms. The molecule has 2 aromatic heterocycles. The van der Waals surface area contributed by atoms with Crippen LogP contribution in [-0.4, -0.2) is 22.3 Å². The third kappa shape index (κ3) is 2.33. The Morgan fingerprint density at radius 3 is 2.76 bits per heavy atom. The van der Waals surface area contributed by atoms with Gasteiger partial charge in [0.1, 0.15) is 5.75 Å². The molecule has 3 N–H and O–H groups in total. The zero-order chi connectivity index (χ0) is 14.8. The molecule has 5 nitrogen and oxygen atoms in total. The highest BCUT2D eigenvalue weighted by molar-refractivity contribution is 5.87. The molecule has 21 heavy (non-hydrogen) atoms. The van der Waals surface area contributed by atoms with Crippen LogP contribution in [0.1, 0.15) is 5.56 Å². The van der Waals surface area contributed by atoms with Gasteiger partial charge in [-0.3, -0.25) is 10.1 Å². The minimum atomic E-state index is 0.456. The maximum Gasteiger partial charge on any atom is 0.153 e. The lowest BCUT2D eigenvalue weighted by Gasteiger charge is -2.08. The average molecular weight is 280 g/mol. The number of nitrogens with zero attached hydrogens (tertiary/aromatic N) is 2. The Bertz CT molecular complexity index is 765. The van der Waals surface area contributed by atoms with Crippen LogP contribution in [0.15, 0.2) is 42.7 Å². The number of nitrogens with one attached hydrogen (secondary N) is 1. The third-order valence-corrected chi connectivity index (χ3v) is 3.44. The molecule has 0 saturated carbocycles. The maximum absolute atomic E-state index is 6.01. The van der Waals surface area contributed by atoms with Crippen molar-refractivity contribution in [1.82, 2.24) is 15.2 Å². The Balaban J connectivity index is 2.17. The summed E-state index contributed by atoms with van der Waals surface area (Å²) in [6.07, 6.45) is 3.50. The van der Waals surface area contributed by atoms with Gasteiger partial charge in [0.25, 0.3) is 0 Å². The summed E-state index contributed by atoms with van der Waals surface area (Å²) in [6, 6.07) is 9.84. The summed E-state index contributed by atoms with van der Waals surface area (Å²) >= 11 is 0. The van der Waals surface area contributed by atoms with Crippen molar-refractivity contribution in [2.45, 2.75) is 6.92 Å². The maximum atomic E-state index is 6.01. The van der Waals surface area contributed by atoms with Gasteiger partial charge in [0, 0.05) is 23.5 Å². The zero-order valence-electron chi connectivity index (χ0n) is 11.9. The number of aromatic nitrogens is 3. The van der Waals surface area contributed by atoms with Crippen molar-refractivity contribution in [2.75, 3.05) is 12.8 Å². The van der Waals surface area contributed by atoms with E-state index in [4.69, 9.17) is 10.5 Å². The summed E-state index contributed by atoms with van der Waals surface area (Å²) < 4.78 is 5.38. The van der Waals surface area contributed by atoms with Crippen molar-refractivity contribution in [3.63, 3.8) is 0 Å². The number of ether oxygens (including phenoxy) is 1. The molecule has 106 valence electrons. The minimum absolute atomic E-state index is 0.456. The Kier molecular flexibility index (Phi) is 3.31. The number of hydrogen-bond donors (Lipinski definition) is 2. The fourth-order valence-corrected chi connectivity index (χ4v) is 2.34. The van der Waals surface area contributed by atoms with Crippen LogP contribution in [0, 0.1) is 6.92 Å². The van der Waals surface area contributed by atoms with Crippen molar-refractivity contribution in [1.29, 1.82) is 0 Å². The number of anilines is 1. The van der Waals surface area contributed by atoms with Crippen molar-refractivity contribution in [3.8, 4) is 28.1 Å². The Morgan fingerprint density at radius 1 is 1.19 bits per heavy atom. The molecule has 0 aliphatic carbocycles. The normalized spacial score (nSPS) is 10.6. The Hall–Kier alpha value is -2.82. The predicted molar refractivity (Wildman–Crippen MR) is 83.0 cm³/mol. The first-order chi connectivity index (χ1) is 10.2. The highest BCUT2D eigenvalue weighted by Gasteiger charge is 2.15. The summed E-state index contributed by atoms with van der Waals surface area (Å²) in [5.41, 5.74) is 10.7. The van der Waals surface area contributed by atoms with Crippen LogP contribution in [-0.2, 0) is 0 Å². The van der Waals surface area contributed by atoms with E-state index >= 15 is 0 Å². The van der Waals surface area contributed by atoms with Crippen molar-refractivity contribution < 1.29 is 4.74 Å². The second kappa shape index (κ2) is 5.28. The number of aryl methyl sites for hydroxylation is 1. The number of methoxy groups -OCH3 is 1. The second-order valence-corrected chi connectivity index (χ2v) is 4.78. The molecular formula is C16H16N4O. The molecule has 0 radical (unpaired) electrons. The lowest BCUT2D eigenvalue weighted by Crippen LogP contribution is -1.91. The number of nitrogens with two attached hydrogens (primary N) is 1. The molecular weight excluding hydrogens is 264 g/mol. The standard InChI is InChI=1S/C16H16N4O/c1-10-5-6-11(8-13(10)21-2)15-14(16(17)20-19-15)12-4-3-7-18-9-12/h3-9H,1-2H3,(H3,17,19,20). The molecule has 1 aromatic carbocycles. The van der Waals surface area contributed by atoms with Gasteiger partial charge >= 0.3 is 0 Å². The molecule has 0 spiro atoms. The largest absolute Gasteiger partial charge is 0.496 e. The van der Waals surface area contributed by atoms with Crippen LogP contribution < -0.4 is 10.5 Å². The zero-order valence-corrected chi connectivity index (χ0v) is 11.9. The number of aromatic amines is 1. The van der Waals surface area contributed by atoms with Gasteiger partial charge < -0.3 is 10.5 Å². The van der Waals surface area contributed by atoms with Gasteiger partial charge in [-0.2, -0.15) is 5.10 Å². The van der Waals surface area contributed by atoms with Crippen LogP contribution >= 0.6 is 0 Å². The van der Waals surface area contributed by atoms with E-state index in [1.807, 2.05) is 37.3 Å². The highest BCUT2D eigenvalue weighted by Crippen LogP contribution is 2.36. The van der Waals surface area contributed by atoms with Gasteiger partial charge in [-0.15, -0.1) is 0 Å². The molecule has 0 unspecified atom stereocenters. The van der Waals surface area contributed by atoms with E-state index in [2.05, 4.69) is 15.2 Å². The summed E-state index contributed by atoms with van der Waals surface area (Å²) in [4.78, 5) is 4.14. The van der Waals surface area contributed by atoms with E-state index < -0.39 is 0 Å². The fourth-order valence-electron chi connectivity index (χ4n) is 2.34. The van der Waals surface area contributed by atoms with Crippen molar-refractivity contribution >= 4 is 5.82 Å². The smallest absolute Gasteiger partial charge is 0.153 e. The molecule has 2 heterocycles. The van der Waals surface area contributed by atoms with Gasteiger partial charge in [0.2, 0.25) is 0 Å². The highest BCUT2D eigenvalue weighted by atomic mass is 16.5. The van der Waals surface area contributed by atoms with E-state index in [0.717, 1.165) is 33.7 Å². The van der Waals surface area contributed by atoms with Gasteiger partial charge in [0.05, 0.1) is 18.4 Å². The number of benzene rings is 1. The van der Waals surface area contributed by atoms with Crippen LogP contribution in [0.3, 0.4) is 0 Å². The molecule has 0 atom stereocenters. The number of pyridine rings is 1. The summed E-state index contributed by atoms with van der Waals surface area (Å²) in [5.74, 6) is 1.29. The number of H-pyrrole nitrogens is 1. The number of nitrogen functional groups attached to an aromatic ring is 1. The van der Waals surface area contributed by atoms with E-state index in [-0.39, 0.29) is 0 Å². The van der Waals surface area contributed by atoms with Crippen LogP contribution in [0.5, 0.6) is 5.75 Å². The lowest BCUT2D eigenvalue weighted by molar-refractivity contribution is 0.412. The summed E-state index contributed by atoms with van der Waals surface area (Å²) in [6.45, 7) is 2.01. The monoisotopic (exact) mass is 280 g/mol. The SMILES string of the molecule is COc1cc(-c2[nH]nc(N)c2-c2cccnc2)ccc1C. The molecule has 0 fully saturated rings. The van der Waals surface area contributed by atoms with Crippen LogP contribution in [0.4, 0.5) is 5.82 Å². The fraction of sp³-hybridized carbons (Fsp3) is 0.125. The molecule has 0 aliphatic rings. The molecule has 0 saturated heterocycles. The first-order valence-corrected chi connectivity index (χ1v) is 6.60. The van der Waals surface area contributed by atoms with Crippen LogP contribution in [0.2, 0.25) is 0 Å². The topological polar surface area (TPSA) is 76.8 Å². The summed E-state index contributed by atoms with van der Waals surface area (Å²) in [5, 5.41) is 7.13. The molecule has 3 aromatic rings. The summed E-state index contributed by atoms with van der Waals surface area (Å²) in [7, 11) is 1.66. The first-order valence-electron chi connectivity index (χ1n) is 6.60. The van der Waals surface area contributed by atoms with E-state index in [9.17, 15) is 0 Å². The van der Waals surface area contributed by atoms with Gasteiger partial charge in [0.15, 0.2) is 5.82 Å². The van der Waals surface area contributed by atoms with E-state index in [1.165, 1.54) is 0 Å². The quantitative estimate of drug-likeness (QED) is 0.773. The average Bonchev–Trinajstić information content (AvgIpc) is 2.90. The minimum Gasteiger partial charge on any atom is -0.496 e.